The van der Waals surface area contributed by atoms with E-state index in [2.05, 4.69) is 26.5 Å². The van der Waals surface area contributed by atoms with E-state index < -0.39 is 5.91 Å². The third-order valence-electron chi connectivity index (χ3n) is 3.12. The lowest BCUT2D eigenvalue weighted by Crippen LogP contribution is -2.25. The summed E-state index contributed by atoms with van der Waals surface area (Å²) in [6.07, 6.45) is 0. The first-order chi connectivity index (χ1) is 11.5. The summed E-state index contributed by atoms with van der Waals surface area (Å²) in [5.41, 5.74) is 3.84. The molecule has 0 aliphatic heterocycles. The Labute approximate surface area is 148 Å². The van der Waals surface area contributed by atoms with Gasteiger partial charge in [0.2, 0.25) is 0 Å². The number of rotatable bonds is 6. The molecule has 0 heterocycles. The van der Waals surface area contributed by atoms with Crippen molar-refractivity contribution in [2.24, 2.45) is 5.10 Å². The SMILES string of the molecule is COc1cc(Br)ccc1OCC(=O)NN=C(C)c1ccc(O)cc1. The van der Waals surface area contributed by atoms with Gasteiger partial charge in [-0.2, -0.15) is 5.10 Å². The maximum absolute atomic E-state index is 11.8. The van der Waals surface area contributed by atoms with Crippen molar-refractivity contribution in [3.8, 4) is 17.2 Å². The number of methoxy groups -OCH3 is 1. The van der Waals surface area contributed by atoms with Crippen LogP contribution in [0.4, 0.5) is 0 Å². The summed E-state index contributed by atoms with van der Waals surface area (Å²) in [7, 11) is 1.53. The van der Waals surface area contributed by atoms with Gasteiger partial charge in [-0.15, -0.1) is 0 Å². The number of ether oxygens (including phenoxy) is 2. The molecule has 2 N–H and O–H groups in total. The van der Waals surface area contributed by atoms with Crippen LogP contribution in [0.2, 0.25) is 0 Å². The van der Waals surface area contributed by atoms with E-state index >= 15 is 0 Å². The molecule has 0 spiro atoms. The van der Waals surface area contributed by atoms with Crippen molar-refractivity contribution >= 4 is 27.5 Å². The molecule has 1 amide bonds. The Morgan fingerprint density at radius 1 is 1.21 bits per heavy atom. The first-order valence-electron chi connectivity index (χ1n) is 7.08. The number of benzene rings is 2. The number of aromatic hydroxyl groups is 1. The first-order valence-corrected chi connectivity index (χ1v) is 7.88. The van der Waals surface area contributed by atoms with E-state index in [1.807, 2.05) is 0 Å². The maximum Gasteiger partial charge on any atom is 0.277 e. The fourth-order valence-electron chi connectivity index (χ4n) is 1.85. The predicted molar refractivity (Wildman–Crippen MR) is 94.6 cm³/mol. The zero-order valence-corrected chi connectivity index (χ0v) is 14.8. The maximum atomic E-state index is 11.8. The van der Waals surface area contributed by atoms with E-state index in [0.29, 0.717) is 17.2 Å². The van der Waals surface area contributed by atoms with E-state index in [1.54, 1.807) is 49.4 Å². The van der Waals surface area contributed by atoms with Crippen molar-refractivity contribution in [3.63, 3.8) is 0 Å². The van der Waals surface area contributed by atoms with Crippen molar-refractivity contribution in [2.75, 3.05) is 13.7 Å². The molecule has 2 rings (SSSR count). The second-order valence-electron chi connectivity index (χ2n) is 4.86. The molecule has 0 saturated carbocycles. The highest BCUT2D eigenvalue weighted by Gasteiger charge is 2.08. The van der Waals surface area contributed by atoms with Gasteiger partial charge in [-0.1, -0.05) is 15.9 Å². The van der Waals surface area contributed by atoms with Crippen molar-refractivity contribution in [3.05, 3.63) is 52.5 Å². The number of carbonyl (C=O) groups is 1. The molecule has 0 bridgehead atoms. The van der Waals surface area contributed by atoms with Crippen molar-refractivity contribution < 1.29 is 19.4 Å². The van der Waals surface area contributed by atoms with Gasteiger partial charge in [-0.25, -0.2) is 5.43 Å². The highest BCUT2D eigenvalue weighted by molar-refractivity contribution is 9.10. The van der Waals surface area contributed by atoms with Crippen LogP contribution in [0.3, 0.4) is 0 Å². The molecule has 126 valence electrons. The normalized spacial score (nSPS) is 11.0. The number of phenolic OH excluding ortho intramolecular Hbond substituents is 1. The number of hydrazone groups is 1. The average Bonchev–Trinajstić information content (AvgIpc) is 2.59. The van der Waals surface area contributed by atoms with E-state index in [4.69, 9.17) is 9.47 Å². The number of hydrogen-bond acceptors (Lipinski definition) is 5. The quantitative estimate of drug-likeness (QED) is 0.584. The number of nitrogens with zero attached hydrogens (tertiary/aromatic N) is 1. The van der Waals surface area contributed by atoms with Gasteiger partial charge >= 0.3 is 0 Å². The number of nitrogens with one attached hydrogen (secondary N) is 1. The zero-order chi connectivity index (χ0) is 17.5. The van der Waals surface area contributed by atoms with Crippen LogP contribution >= 0.6 is 15.9 Å². The van der Waals surface area contributed by atoms with Crippen molar-refractivity contribution in [2.45, 2.75) is 6.92 Å². The number of amides is 1. The lowest BCUT2D eigenvalue weighted by atomic mass is 10.1. The summed E-state index contributed by atoms with van der Waals surface area (Å²) in [5, 5.41) is 13.3. The monoisotopic (exact) mass is 392 g/mol. The minimum absolute atomic E-state index is 0.174. The van der Waals surface area contributed by atoms with E-state index in [9.17, 15) is 9.90 Å². The molecular formula is C17H17BrN2O4. The molecule has 0 radical (unpaired) electrons. The largest absolute Gasteiger partial charge is 0.508 e. The second kappa shape index (κ2) is 8.35. The van der Waals surface area contributed by atoms with Crippen molar-refractivity contribution in [1.29, 1.82) is 0 Å². The van der Waals surface area contributed by atoms with Crippen LogP contribution in [0.1, 0.15) is 12.5 Å². The molecule has 2 aromatic carbocycles. The summed E-state index contributed by atoms with van der Waals surface area (Å²) in [6, 6.07) is 11.8. The summed E-state index contributed by atoms with van der Waals surface area (Å²) in [5.74, 6) is 0.779. The van der Waals surface area contributed by atoms with E-state index in [-0.39, 0.29) is 12.4 Å². The lowest BCUT2D eigenvalue weighted by molar-refractivity contribution is -0.123. The summed E-state index contributed by atoms with van der Waals surface area (Å²) in [6.45, 7) is 1.57. The molecule has 0 aromatic heterocycles. The fourth-order valence-corrected chi connectivity index (χ4v) is 2.19. The van der Waals surface area contributed by atoms with Crippen LogP contribution < -0.4 is 14.9 Å². The van der Waals surface area contributed by atoms with Gasteiger partial charge in [0, 0.05) is 4.47 Å². The summed E-state index contributed by atoms with van der Waals surface area (Å²) < 4.78 is 11.5. The molecule has 0 unspecified atom stereocenters. The number of carbonyl (C=O) groups excluding carboxylic acids is 1. The van der Waals surface area contributed by atoms with Gasteiger partial charge in [0.15, 0.2) is 18.1 Å². The smallest absolute Gasteiger partial charge is 0.277 e. The Balaban J connectivity index is 1.91. The molecule has 0 atom stereocenters. The third-order valence-corrected chi connectivity index (χ3v) is 3.61. The van der Waals surface area contributed by atoms with Crippen LogP contribution in [-0.4, -0.2) is 30.4 Å². The van der Waals surface area contributed by atoms with Gasteiger partial charge < -0.3 is 14.6 Å². The molecule has 0 saturated heterocycles. The van der Waals surface area contributed by atoms with E-state index in [1.165, 1.54) is 7.11 Å². The van der Waals surface area contributed by atoms with Crippen LogP contribution in [0.25, 0.3) is 0 Å². The van der Waals surface area contributed by atoms with Crippen LogP contribution in [-0.2, 0) is 4.79 Å². The predicted octanol–water partition coefficient (Wildman–Crippen LogP) is 3.08. The Kier molecular flexibility index (Phi) is 6.20. The number of halogens is 1. The highest BCUT2D eigenvalue weighted by Crippen LogP contribution is 2.30. The Morgan fingerprint density at radius 3 is 2.58 bits per heavy atom. The third kappa shape index (κ3) is 4.99. The molecule has 0 aliphatic rings. The number of phenols is 1. The standard InChI is InChI=1S/C17H17BrN2O4/c1-11(12-3-6-14(21)7-4-12)19-20-17(22)10-24-15-8-5-13(18)9-16(15)23-2/h3-9,21H,10H2,1-2H3,(H,20,22). The molecular weight excluding hydrogens is 376 g/mol. The molecule has 0 fully saturated rings. The molecule has 0 aliphatic carbocycles. The Morgan fingerprint density at radius 2 is 1.92 bits per heavy atom. The average molecular weight is 393 g/mol. The van der Waals surface area contributed by atoms with Crippen LogP contribution in [0, 0.1) is 0 Å². The van der Waals surface area contributed by atoms with Gasteiger partial charge in [-0.05, 0) is 55.0 Å². The Bertz CT molecular complexity index is 745. The van der Waals surface area contributed by atoms with Crippen LogP contribution in [0.15, 0.2) is 52.0 Å². The lowest BCUT2D eigenvalue weighted by Gasteiger charge is -2.10. The van der Waals surface area contributed by atoms with Crippen LogP contribution in [0.5, 0.6) is 17.2 Å². The minimum Gasteiger partial charge on any atom is -0.508 e. The topological polar surface area (TPSA) is 80.2 Å². The van der Waals surface area contributed by atoms with Gasteiger partial charge in [0.05, 0.1) is 12.8 Å². The molecule has 24 heavy (non-hydrogen) atoms. The van der Waals surface area contributed by atoms with Gasteiger partial charge in [-0.3, -0.25) is 4.79 Å². The molecule has 2 aromatic rings. The van der Waals surface area contributed by atoms with E-state index in [0.717, 1.165) is 10.0 Å². The summed E-state index contributed by atoms with van der Waals surface area (Å²) in [4.78, 5) is 11.8. The van der Waals surface area contributed by atoms with Crippen molar-refractivity contribution in [1.82, 2.24) is 5.43 Å². The fraction of sp³-hybridized carbons (Fsp3) is 0.176. The first kappa shape index (κ1) is 17.8. The number of hydrogen-bond donors (Lipinski definition) is 2. The second-order valence-corrected chi connectivity index (χ2v) is 5.78. The highest BCUT2D eigenvalue weighted by atomic mass is 79.9. The molecule has 7 heteroatoms. The Hall–Kier alpha value is -2.54. The zero-order valence-electron chi connectivity index (χ0n) is 13.2. The minimum atomic E-state index is -0.391. The van der Waals surface area contributed by atoms with Gasteiger partial charge in [0.25, 0.3) is 5.91 Å². The van der Waals surface area contributed by atoms with Gasteiger partial charge in [0.1, 0.15) is 5.75 Å². The summed E-state index contributed by atoms with van der Waals surface area (Å²) >= 11 is 3.34. The molecule has 6 nitrogen and oxygen atoms in total.